The van der Waals surface area contributed by atoms with E-state index in [1.54, 1.807) is 18.2 Å². The first kappa shape index (κ1) is 14.0. The maximum Gasteiger partial charge on any atom is 0.308 e. The number of hydrogen-bond acceptors (Lipinski definition) is 5. The van der Waals surface area contributed by atoms with Crippen LogP contribution in [0.2, 0.25) is 0 Å². The molecule has 0 aliphatic heterocycles. The number of carbonyl (C=O) groups is 1. The number of thiazole rings is 1. The Morgan fingerprint density at radius 1 is 1.40 bits per heavy atom. The summed E-state index contributed by atoms with van der Waals surface area (Å²) in [6.45, 7) is 3.29. The molecule has 2 aromatic rings. The van der Waals surface area contributed by atoms with Crippen LogP contribution in [0.4, 0.5) is 5.13 Å². The molecule has 0 spiro atoms. The Bertz CT molecular complexity index is 675. The molecule has 0 aliphatic carbocycles. The molecular formula is C13H14N4O2S. The Morgan fingerprint density at radius 2 is 2.15 bits per heavy atom. The molecule has 0 radical (unpaired) electrons. The molecule has 7 heteroatoms. The molecule has 104 valence electrons. The number of ether oxygens (including phenoxy) is 1. The fourth-order valence-corrected chi connectivity index (χ4v) is 2.50. The third-order valence-corrected chi connectivity index (χ3v) is 3.24. The first-order valence-electron chi connectivity index (χ1n) is 5.81. The lowest BCUT2D eigenvalue weighted by atomic mass is 10.1. The van der Waals surface area contributed by atoms with E-state index in [9.17, 15) is 4.79 Å². The topological polar surface area (TPSA) is 104 Å². The fraction of sp³-hybridized carbons (Fsp3) is 0.154. The summed E-state index contributed by atoms with van der Waals surface area (Å²) in [6, 6.07) is 7.15. The van der Waals surface area contributed by atoms with Crippen LogP contribution in [0, 0.1) is 6.92 Å². The van der Waals surface area contributed by atoms with Crippen LogP contribution in [-0.2, 0) is 4.79 Å². The van der Waals surface area contributed by atoms with Crippen molar-refractivity contribution in [3.05, 3.63) is 29.1 Å². The Hall–Kier alpha value is -2.41. The van der Waals surface area contributed by atoms with Gasteiger partial charge in [-0.3, -0.25) is 4.79 Å². The highest BCUT2D eigenvalue weighted by Crippen LogP contribution is 2.33. The lowest BCUT2D eigenvalue weighted by Gasteiger charge is -2.03. The Labute approximate surface area is 120 Å². The number of aromatic nitrogens is 1. The number of aryl methyl sites for hydroxylation is 1. The number of nitrogens with two attached hydrogens (primary N) is 2. The van der Waals surface area contributed by atoms with Gasteiger partial charge in [-0.05, 0) is 19.1 Å². The van der Waals surface area contributed by atoms with Crippen molar-refractivity contribution in [1.82, 2.24) is 4.98 Å². The van der Waals surface area contributed by atoms with E-state index in [1.165, 1.54) is 18.3 Å². The molecule has 0 saturated heterocycles. The first-order chi connectivity index (χ1) is 9.45. The van der Waals surface area contributed by atoms with Crippen molar-refractivity contribution in [2.45, 2.75) is 13.8 Å². The number of benzene rings is 1. The molecule has 2 rings (SSSR count). The van der Waals surface area contributed by atoms with Gasteiger partial charge in [-0.1, -0.05) is 23.5 Å². The molecule has 1 aromatic carbocycles. The second kappa shape index (κ2) is 5.70. The molecule has 0 amide bonds. The average Bonchev–Trinajstić information content (AvgIpc) is 2.68. The summed E-state index contributed by atoms with van der Waals surface area (Å²) in [7, 11) is 0. The number of carbonyl (C=O) groups excluding carboxylic acids is 1. The van der Waals surface area contributed by atoms with Crippen LogP contribution >= 0.6 is 11.3 Å². The summed E-state index contributed by atoms with van der Waals surface area (Å²) < 4.78 is 5.06. The standard InChI is InChI=1S/C13H14N4O2S/c1-7-11(16-13(20-7)17-12(14)15)9-4-3-5-10(6-9)19-8(2)18/h3-6H,1-2H3,(H4,14,15,16,17). The lowest BCUT2D eigenvalue weighted by Crippen LogP contribution is -2.21. The van der Waals surface area contributed by atoms with Crippen molar-refractivity contribution < 1.29 is 9.53 Å². The molecule has 0 atom stereocenters. The monoisotopic (exact) mass is 290 g/mol. The van der Waals surface area contributed by atoms with Crippen LogP contribution in [0.1, 0.15) is 11.8 Å². The van der Waals surface area contributed by atoms with Gasteiger partial charge < -0.3 is 16.2 Å². The SMILES string of the molecule is CC(=O)Oc1cccc(-c2nc(N=C(N)N)sc2C)c1. The van der Waals surface area contributed by atoms with Gasteiger partial charge in [0.25, 0.3) is 0 Å². The van der Waals surface area contributed by atoms with Crippen LogP contribution in [0.25, 0.3) is 11.3 Å². The van der Waals surface area contributed by atoms with Crippen molar-refractivity contribution in [2.24, 2.45) is 16.5 Å². The van der Waals surface area contributed by atoms with E-state index in [1.807, 2.05) is 13.0 Å². The van der Waals surface area contributed by atoms with Gasteiger partial charge in [0, 0.05) is 17.4 Å². The van der Waals surface area contributed by atoms with E-state index in [-0.39, 0.29) is 11.9 Å². The van der Waals surface area contributed by atoms with E-state index < -0.39 is 0 Å². The summed E-state index contributed by atoms with van der Waals surface area (Å²) >= 11 is 1.39. The van der Waals surface area contributed by atoms with Crippen molar-refractivity contribution in [3.8, 4) is 17.0 Å². The maximum atomic E-state index is 11.0. The summed E-state index contributed by atoms with van der Waals surface area (Å²) in [4.78, 5) is 20.3. The second-order valence-electron chi connectivity index (χ2n) is 4.06. The first-order valence-corrected chi connectivity index (χ1v) is 6.63. The van der Waals surface area contributed by atoms with E-state index in [0.717, 1.165) is 16.1 Å². The summed E-state index contributed by atoms with van der Waals surface area (Å²) in [5, 5.41) is 0.496. The van der Waals surface area contributed by atoms with E-state index >= 15 is 0 Å². The molecule has 6 nitrogen and oxygen atoms in total. The second-order valence-corrected chi connectivity index (χ2v) is 5.24. The molecule has 1 aromatic heterocycles. The Morgan fingerprint density at radius 3 is 2.80 bits per heavy atom. The van der Waals surface area contributed by atoms with E-state index in [4.69, 9.17) is 16.2 Å². The zero-order chi connectivity index (χ0) is 14.7. The number of nitrogens with zero attached hydrogens (tertiary/aromatic N) is 2. The van der Waals surface area contributed by atoms with Crippen LogP contribution in [0.5, 0.6) is 5.75 Å². The molecule has 0 saturated carbocycles. The maximum absolute atomic E-state index is 11.0. The summed E-state index contributed by atoms with van der Waals surface area (Å²) in [5.74, 6) is 0.0862. The van der Waals surface area contributed by atoms with Crippen LogP contribution in [0.15, 0.2) is 29.3 Å². The molecule has 0 unspecified atom stereocenters. The van der Waals surface area contributed by atoms with Gasteiger partial charge >= 0.3 is 5.97 Å². The largest absolute Gasteiger partial charge is 0.427 e. The lowest BCUT2D eigenvalue weighted by molar-refractivity contribution is -0.131. The minimum atomic E-state index is -0.363. The van der Waals surface area contributed by atoms with Crippen molar-refractivity contribution in [2.75, 3.05) is 0 Å². The van der Waals surface area contributed by atoms with Gasteiger partial charge in [0.05, 0.1) is 5.69 Å². The summed E-state index contributed by atoms with van der Waals surface area (Å²) in [6.07, 6.45) is 0. The smallest absolute Gasteiger partial charge is 0.308 e. The van der Waals surface area contributed by atoms with E-state index in [2.05, 4.69) is 9.98 Å². The van der Waals surface area contributed by atoms with Crippen molar-refractivity contribution in [1.29, 1.82) is 0 Å². The van der Waals surface area contributed by atoms with Crippen LogP contribution in [0.3, 0.4) is 0 Å². The highest BCUT2D eigenvalue weighted by atomic mass is 32.1. The molecule has 0 aliphatic rings. The minimum Gasteiger partial charge on any atom is -0.427 e. The van der Waals surface area contributed by atoms with Crippen LogP contribution < -0.4 is 16.2 Å². The highest BCUT2D eigenvalue weighted by molar-refractivity contribution is 7.15. The zero-order valence-corrected chi connectivity index (χ0v) is 11.9. The normalized spacial score (nSPS) is 10.1. The predicted octanol–water partition coefficient (Wildman–Crippen LogP) is 1.95. The number of guanidine groups is 1. The third-order valence-electron chi connectivity index (χ3n) is 2.38. The summed E-state index contributed by atoms with van der Waals surface area (Å²) in [5.41, 5.74) is 12.3. The zero-order valence-electron chi connectivity index (χ0n) is 11.1. The van der Waals surface area contributed by atoms with E-state index in [0.29, 0.717) is 10.9 Å². The molecule has 0 fully saturated rings. The molecule has 4 N–H and O–H groups in total. The van der Waals surface area contributed by atoms with Gasteiger partial charge in [-0.2, -0.15) is 4.99 Å². The van der Waals surface area contributed by atoms with Gasteiger partial charge in [-0.15, -0.1) is 0 Å². The highest BCUT2D eigenvalue weighted by Gasteiger charge is 2.11. The minimum absolute atomic E-state index is 0.0287. The van der Waals surface area contributed by atoms with Gasteiger partial charge in [0.1, 0.15) is 5.75 Å². The molecule has 0 bridgehead atoms. The van der Waals surface area contributed by atoms with Gasteiger partial charge in [-0.25, -0.2) is 4.98 Å². The molecule has 1 heterocycles. The quantitative estimate of drug-likeness (QED) is 0.389. The Kier molecular flexibility index (Phi) is 3.99. The third kappa shape index (κ3) is 3.33. The van der Waals surface area contributed by atoms with Crippen molar-refractivity contribution >= 4 is 28.4 Å². The van der Waals surface area contributed by atoms with Crippen molar-refractivity contribution in [3.63, 3.8) is 0 Å². The fourth-order valence-electron chi connectivity index (χ4n) is 1.68. The number of esters is 1. The predicted molar refractivity (Wildman–Crippen MR) is 79.1 cm³/mol. The average molecular weight is 290 g/mol. The van der Waals surface area contributed by atoms with Crippen LogP contribution in [-0.4, -0.2) is 16.9 Å². The Balaban J connectivity index is 2.38. The van der Waals surface area contributed by atoms with Gasteiger partial charge in [0.15, 0.2) is 5.96 Å². The van der Waals surface area contributed by atoms with Gasteiger partial charge in [0.2, 0.25) is 5.13 Å². The number of hydrogen-bond donors (Lipinski definition) is 2. The number of aliphatic imine (C=N–C) groups is 1. The molecule has 20 heavy (non-hydrogen) atoms. The number of rotatable bonds is 3. The molecular weight excluding hydrogens is 276 g/mol.